The highest BCUT2D eigenvalue weighted by atomic mass is 16.5. The van der Waals surface area contributed by atoms with Gasteiger partial charge in [0.2, 0.25) is 0 Å². The van der Waals surface area contributed by atoms with Gasteiger partial charge in [0, 0.05) is 24.8 Å². The van der Waals surface area contributed by atoms with Gasteiger partial charge in [0.1, 0.15) is 11.6 Å². The lowest BCUT2D eigenvalue weighted by Crippen LogP contribution is -2.13. The quantitative estimate of drug-likeness (QED) is 0.812. The minimum atomic E-state index is 0.288. The molecule has 15 heavy (non-hydrogen) atoms. The molecule has 0 bridgehead atoms. The Balaban J connectivity index is 2.09. The van der Waals surface area contributed by atoms with Gasteiger partial charge in [-0.25, -0.2) is 9.97 Å². The lowest BCUT2D eigenvalue weighted by atomic mass is 10.1. The van der Waals surface area contributed by atoms with Crippen molar-refractivity contribution in [1.82, 2.24) is 9.97 Å². The molecule has 1 fully saturated rings. The van der Waals surface area contributed by atoms with Gasteiger partial charge in [-0.05, 0) is 19.3 Å². The number of ether oxygens (including phenoxy) is 1. The van der Waals surface area contributed by atoms with Crippen molar-refractivity contribution >= 4 is 5.82 Å². The van der Waals surface area contributed by atoms with E-state index in [1.807, 2.05) is 6.07 Å². The molecule has 2 N–H and O–H groups in total. The van der Waals surface area contributed by atoms with Crippen molar-refractivity contribution in [1.29, 1.82) is 0 Å². The summed E-state index contributed by atoms with van der Waals surface area (Å²) in [6.07, 6.45) is 4.23. The van der Waals surface area contributed by atoms with Gasteiger partial charge in [-0.15, -0.1) is 0 Å². The number of nitrogens with two attached hydrogens (primary N) is 1. The van der Waals surface area contributed by atoms with Crippen LogP contribution < -0.4 is 5.73 Å². The van der Waals surface area contributed by atoms with Crippen molar-refractivity contribution in [2.75, 3.05) is 12.3 Å². The Labute approximate surface area is 89.9 Å². The van der Waals surface area contributed by atoms with E-state index in [4.69, 9.17) is 10.5 Å². The number of anilines is 1. The van der Waals surface area contributed by atoms with Gasteiger partial charge in [0.25, 0.3) is 0 Å². The Bertz CT molecular complexity index is 335. The zero-order valence-electron chi connectivity index (χ0n) is 9.07. The number of nitrogens with zero attached hydrogens (tertiary/aromatic N) is 2. The normalized spacial score (nSPS) is 20.7. The zero-order chi connectivity index (χ0) is 10.7. The summed E-state index contributed by atoms with van der Waals surface area (Å²) in [5.41, 5.74) is 6.73. The number of hydrogen-bond acceptors (Lipinski definition) is 4. The Kier molecular flexibility index (Phi) is 3.16. The van der Waals surface area contributed by atoms with Gasteiger partial charge < -0.3 is 10.5 Å². The second kappa shape index (κ2) is 4.57. The lowest BCUT2D eigenvalue weighted by molar-refractivity contribution is 0.110. The van der Waals surface area contributed by atoms with Gasteiger partial charge in [0.15, 0.2) is 0 Å². The summed E-state index contributed by atoms with van der Waals surface area (Å²) in [6, 6.07) is 1.83. The third-order valence-electron chi connectivity index (χ3n) is 2.64. The van der Waals surface area contributed by atoms with Crippen molar-refractivity contribution in [3.8, 4) is 0 Å². The van der Waals surface area contributed by atoms with E-state index < -0.39 is 0 Å². The van der Waals surface area contributed by atoms with E-state index in [2.05, 4.69) is 16.9 Å². The van der Waals surface area contributed by atoms with E-state index in [-0.39, 0.29) is 6.10 Å². The second-order valence-corrected chi connectivity index (χ2v) is 3.89. The molecule has 1 aromatic heterocycles. The van der Waals surface area contributed by atoms with Gasteiger partial charge in [-0.1, -0.05) is 6.92 Å². The van der Waals surface area contributed by atoms with Crippen molar-refractivity contribution in [2.24, 2.45) is 0 Å². The van der Waals surface area contributed by atoms with Crippen molar-refractivity contribution in [3.63, 3.8) is 0 Å². The summed E-state index contributed by atoms with van der Waals surface area (Å²) in [5, 5.41) is 0. The maximum Gasteiger partial charge on any atom is 0.133 e. The van der Waals surface area contributed by atoms with Crippen LogP contribution in [0.1, 0.15) is 31.3 Å². The SMILES string of the molecule is CCc1cc(N)nc(CC2CCCO2)n1. The van der Waals surface area contributed by atoms with Crippen molar-refractivity contribution in [3.05, 3.63) is 17.6 Å². The van der Waals surface area contributed by atoms with Crippen LogP contribution in [0.4, 0.5) is 5.82 Å². The molecule has 82 valence electrons. The summed E-state index contributed by atoms with van der Waals surface area (Å²) in [7, 11) is 0. The number of rotatable bonds is 3. The zero-order valence-corrected chi connectivity index (χ0v) is 9.07. The van der Waals surface area contributed by atoms with E-state index in [1.54, 1.807) is 0 Å². The molecule has 1 atom stereocenters. The Morgan fingerprint density at radius 1 is 1.53 bits per heavy atom. The summed E-state index contributed by atoms with van der Waals surface area (Å²) in [4.78, 5) is 8.68. The number of aromatic nitrogens is 2. The van der Waals surface area contributed by atoms with Crippen LogP contribution in [0, 0.1) is 0 Å². The summed E-state index contributed by atoms with van der Waals surface area (Å²) < 4.78 is 5.55. The maximum absolute atomic E-state index is 5.72. The predicted octanol–water partition coefficient (Wildman–Crippen LogP) is 1.34. The van der Waals surface area contributed by atoms with Crippen LogP contribution in [0.5, 0.6) is 0 Å². The van der Waals surface area contributed by atoms with E-state index in [0.29, 0.717) is 5.82 Å². The molecule has 2 heterocycles. The van der Waals surface area contributed by atoms with E-state index in [0.717, 1.165) is 43.8 Å². The molecular formula is C11H17N3O. The minimum absolute atomic E-state index is 0.288. The monoisotopic (exact) mass is 207 g/mol. The highest BCUT2D eigenvalue weighted by Gasteiger charge is 2.17. The molecule has 1 saturated heterocycles. The van der Waals surface area contributed by atoms with E-state index in [9.17, 15) is 0 Å². The Morgan fingerprint density at radius 3 is 3.07 bits per heavy atom. The van der Waals surface area contributed by atoms with Crippen molar-refractivity contribution in [2.45, 2.75) is 38.7 Å². The van der Waals surface area contributed by atoms with Gasteiger partial charge in [-0.2, -0.15) is 0 Å². The van der Waals surface area contributed by atoms with Crippen LogP contribution in [0.15, 0.2) is 6.07 Å². The summed E-state index contributed by atoms with van der Waals surface area (Å²) in [5.74, 6) is 1.38. The molecule has 2 rings (SSSR count). The first-order valence-corrected chi connectivity index (χ1v) is 5.52. The maximum atomic E-state index is 5.72. The average Bonchev–Trinajstić information content (AvgIpc) is 2.69. The molecule has 1 aliphatic heterocycles. The first kappa shape index (κ1) is 10.4. The molecule has 0 radical (unpaired) electrons. The second-order valence-electron chi connectivity index (χ2n) is 3.89. The number of nitrogen functional groups attached to an aromatic ring is 1. The molecule has 1 aromatic rings. The summed E-state index contributed by atoms with van der Waals surface area (Å²) >= 11 is 0. The molecule has 1 unspecified atom stereocenters. The first-order chi connectivity index (χ1) is 7.28. The van der Waals surface area contributed by atoms with Crippen LogP contribution in [0.2, 0.25) is 0 Å². The third kappa shape index (κ3) is 2.65. The highest BCUT2D eigenvalue weighted by Crippen LogP contribution is 2.16. The molecule has 0 amide bonds. The molecule has 4 heteroatoms. The number of aryl methyl sites for hydroxylation is 1. The van der Waals surface area contributed by atoms with Gasteiger partial charge in [-0.3, -0.25) is 0 Å². The molecule has 0 aliphatic carbocycles. The van der Waals surface area contributed by atoms with Crippen molar-refractivity contribution < 1.29 is 4.74 Å². The van der Waals surface area contributed by atoms with Crippen LogP contribution >= 0.6 is 0 Å². The fraction of sp³-hybridized carbons (Fsp3) is 0.636. The van der Waals surface area contributed by atoms with E-state index >= 15 is 0 Å². The topological polar surface area (TPSA) is 61.0 Å². The Hall–Kier alpha value is -1.16. The van der Waals surface area contributed by atoms with Crippen LogP contribution in [0.3, 0.4) is 0 Å². The fourth-order valence-electron chi connectivity index (χ4n) is 1.86. The van der Waals surface area contributed by atoms with Crippen LogP contribution in [-0.2, 0) is 17.6 Å². The standard InChI is InChI=1S/C11H17N3O/c1-2-8-6-10(12)14-11(13-8)7-9-4-3-5-15-9/h6,9H,2-5,7H2,1H3,(H2,12,13,14). The summed E-state index contributed by atoms with van der Waals surface area (Å²) in [6.45, 7) is 2.94. The van der Waals surface area contributed by atoms with Crippen LogP contribution in [-0.4, -0.2) is 22.7 Å². The lowest BCUT2D eigenvalue weighted by Gasteiger charge is -2.09. The average molecular weight is 207 g/mol. The highest BCUT2D eigenvalue weighted by molar-refractivity contribution is 5.29. The smallest absolute Gasteiger partial charge is 0.133 e. The van der Waals surface area contributed by atoms with Crippen LogP contribution in [0.25, 0.3) is 0 Å². The number of hydrogen-bond donors (Lipinski definition) is 1. The largest absolute Gasteiger partial charge is 0.384 e. The first-order valence-electron chi connectivity index (χ1n) is 5.52. The predicted molar refractivity (Wildman–Crippen MR) is 58.5 cm³/mol. The minimum Gasteiger partial charge on any atom is -0.384 e. The van der Waals surface area contributed by atoms with Gasteiger partial charge in [0.05, 0.1) is 6.10 Å². The molecule has 0 spiro atoms. The third-order valence-corrected chi connectivity index (χ3v) is 2.64. The molecule has 0 saturated carbocycles. The molecule has 1 aliphatic rings. The molecule has 0 aromatic carbocycles. The van der Waals surface area contributed by atoms with Gasteiger partial charge >= 0.3 is 0 Å². The van der Waals surface area contributed by atoms with E-state index in [1.165, 1.54) is 0 Å². The molecule has 4 nitrogen and oxygen atoms in total. The fourth-order valence-corrected chi connectivity index (χ4v) is 1.86. The Morgan fingerprint density at radius 2 is 2.40 bits per heavy atom. The molecular weight excluding hydrogens is 190 g/mol.